The van der Waals surface area contributed by atoms with E-state index in [0.717, 1.165) is 3.70 Å². The minimum absolute atomic E-state index is 0.149. The molecule has 6 heteroatoms. The number of pyridine rings is 1. The van der Waals surface area contributed by atoms with E-state index in [2.05, 4.69) is 37.8 Å². The molecule has 2 rings (SSSR count). The van der Waals surface area contributed by atoms with Gasteiger partial charge in [-0.25, -0.2) is 4.79 Å². The molecule has 0 aliphatic heterocycles. The lowest BCUT2D eigenvalue weighted by Gasteiger charge is -1.91. The first-order valence-corrected chi connectivity index (χ1v) is 4.49. The van der Waals surface area contributed by atoms with E-state index in [4.69, 9.17) is 5.11 Å². The van der Waals surface area contributed by atoms with Crippen molar-refractivity contribution in [3.8, 4) is 0 Å². The molecule has 2 heterocycles. The highest BCUT2D eigenvalue weighted by Crippen LogP contribution is 2.15. The number of carbonyl (C=O) groups is 1. The fourth-order valence-electron chi connectivity index (χ4n) is 0.987. The van der Waals surface area contributed by atoms with E-state index in [9.17, 15) is 4.79 Å². The largest absolute Gasteiger partial charge is 0.478 e. The van der Waals surface area contributed by atoms with Gasteiger partial charge >= 0.3 is 5.97 Å². The molecule has 0 fully saturated rings. The van der Waals surface area contributed by atoms with Gasteiger partial charge in [0.05, 0.1) is 5.56 Å². The van der Waals surface area contributed by atoms with Gasteiger partial charge in [0.2, 0.25) is 0 Å². The standard InChI is InChI=1S/C7H4IN3O2/c8-6-5-4(10-11-6)1-3(2-9-5)7(12)13/h1-2H,(H,10,11)(H,12,13). The molecule has 0 spiro atoms. The summed E-state index contributed by atoms with van der Waals surface area (Å²) in [5, 5.41) is 15.3. The van der Waals surface area contributed by atoms with Crippen molar-refractivity contribution in [2.24, 2.45) is 0 Å². The van der Waals surface area contributed by atoms with Crippen molar-refractivity contribution in [3.05, 3.63) is 21.5 Å². The number of carboxylic acid groups (broad SMARTS) is 1. The minimum atomic E-state index is -0.993. The highest BCUT2D eigenvalue weighted by molar-refractivity contribution is 14.1. The highest BCUT2D eigenvalue weighted by atomic mass is 127. The Kier molecular flexibility index (Phi) is 1.91. The van der Waals surface area contributed by atoms with Crippen LogP contribution in [-0.4, -0.2) is 26.3 Å². The smallest absolute Gasteiger partial charge is 0.337 e. The lowest BCUT2D eigenvalue weighted by Crippen LogP contribution is -1.96. The van der Waals surface area contributed by atoms with Crippen molar-refractivity contribution in [2.75, 3.05) is 0 Å². The second kappa shape index (κ2) is 2.95. The van der Waals surface area contributed by atoms with E-state index in [0.29, 0.717) is 11.0 Å². The number of nitrogens with zero attached hydrogens (tertiary/aromatic N) is 2. The fraction of sp³-hybridized carbons (Fsp3) is 0. The van der Waals surface area contributed by atoms with Gasteiger partial charge in [0, 0.05) is 6.20 Å². The second-order valence-corrected chi connectivity index (χ2v) is 3.51. The Morgan fingerprint density at radius 1 is 1.62 bits per heavy atom. The molecule has 13 heavy (non-hydrogen) atoms. The van der Waals surface area contributed by atoms with Gasteiger partial charge in [0.25, 0.3) is 0 Å². The number of hydrogen-bond donors (Lipinski definition) is 2. The lowest BCUT2D eigenvalue weighted by molar-refractivity contribution is 0.0696. The first-order chi connectivity index (χ1) is 6.18. The maximum Gasteiger partial charge on any atom is 0.337 e. The predicted molar refractivity (Wildman–Crippen MR) is 53.6 cm³/mol. The summed E-state index contributed by atoms with van der Waals surface area (Å²) in [5.41, 5.74) is 1.42. The Labute approximate surface area is 86.3 Å². The molecule has 66 valence electrons. The zero-order chi connectivity index (χ0) is 9.42. The summed E-state index contributed by atoms with van der Waals surface area (Å²) >= 11 is 2.05. The summed E-state index contributed by atoms with van der Waals surface area (Å²) in [6.07, 6.45) is 1.32. The number of halogens is 1. The zero-order valence-corrected chi connectivity index (χ0v) is 8.44. The summed E-state index contributed by atoms with van der Waals surface area (Å²) in [7, 11) is 0. The number of hydrogen-bond acceptors (Lipinski definition) is 3. The van der Waals surface area contributed by atoms with E-state index in [1.54, 1.807) is 0 Å². The molecule has 0 aliphatic carbocycles. The minimum Gasteiger partial charge on any atom is -0.478 e. The van der Waals surface area contributed by atoms with Crippen LogP contribution in [0.1, 0.15) is 10.4 Å². The van der Waals surface area contributed by atoms with E-state index < -0.39 is 5.97 Å². The number of fused-ring (bicyclic) bond motifs is 1. The van der Waals surface area contributed by atoms with Crippen molar-refractivity contribution < 1.29 is 9.90 Å². The van der Waals surface area contributed by atoms with Crippen LogP contribution in [0.3, 0.4) is 0 Å². The fourth-order valence-corrected chi connectivity index (χ4v) is 1.52. The summed E-state index contributed by atoms with van der Waals surface area (Å²) in [6, 6.07) is 1.49. The Morgan fingerprint density at radius 3 is 3.08 bits per heavy atom. The molecular weight excluding hydrogens is 285 g/mol. The van der Waals surface area contributed by atoms with Crippen molar-refractivity contribution in [1.29, 1.82) is 0 Å². The van der Waals surface area contributed by atoms with Crippen LogP contribution in [0.15, 0.2) is 12.3 Å². The molecular formula is C7H4IN3O2. The van der Waals surface area contributed by atoms with Gasteiger partial charge in [-0.1, -0.05) is 0 Å². The van der Waals surface area contributed by atoms with Crippen LogP contribution in [0.4, 0.5) is 0 Å². The Morgan fingerprint density at radius 2 is 2.38 bits per heavy atom. The first kappa shape index (κ1) is 8.42. The molecule has 0 aromatic carbocycles. The van der Waals surface area contributed by atoms with Crippen LogP contribution in [-0.2, 0) is 0 Å². The maximum absolute atomic E-state index is 10.6. The molecule has 2 aromatic heterocycles. The average molecular weight is 289 g/mol. The number of aromatic nitrogens is 3. The molecule has 0 aliphatic rings. The van der Waals surface area contributed by atoms with Gasteiger partial charge < -0.3 is 5.11 Å². The van der Waals surface area contributed by atoms with Crippen LogP contribution in [0.2, 0.25) is 0 Å². The highest BCUT2D eigenvalue weighted by Gasteiger charge is 2.08. The van der Waals surface area contributed by atoms with E-state index in [1.807, 2.05) is 0 Å². The summed E-state index contributed by atoms with van der Waals surface area (Å²) < 4.78 is 0.810. The van der Waals surface area contributed by atoms with Crippen molar-refractivity contribution in [3.63, 3.8) is 0 Å². The average Bonchev–Trinajstić information content (AvgIpc) is 2.47. The maximum atomic E-state index is 10.6. The van der Waals surface area contributed by atoms with Gasteiger partial charge in [-0.05, 0) is 28.7 Å². The molecule has 0 amide bonds. The van der Waals surface area contributed by atoms with Crippen molar-refractivity contribution >= 4 is 39.6 Å². The van der Waals surface area contributed by atoms with E-state index in [1.165, 1.54) is 12.3 Å². The van der Waals surface area contributed by atoms with Crippen molar-refractivity contribution in [1.82, 2.24) is 15.2 Å². The number of carboxylic acids is 1. The Balaban J connectivity index is 2.70. The third-order valence-electron chi connectivity index (χ3n) is 1.60. The number of H-pyrrole nitrogens is 1. The normalized spacial score (nSPS) is 10.5. The molecule has 5 nitrogen and oxygen atoms in total. The molecule has 0 unspecified atom stereocenters. The number of nitrogens with one attached hydrogen (secondary N) is 1. The van der Waals surface area contributed by atoms with Crippen molar-refractivity contribution in [2.45, 2.75) is 0 Å². The molecule has 2 aromatic rings. The monoisotopic (exact) mass is 289 g/mol. The topological polar surface area (TPSA) is 78.9 Å². The van der Waals surface area contributed by atoms with Crippen LogP contribution in [0.5, 0.6) is 0 Å². The lowest BCUT2D eigenvalue weighted by atomic mass is 10.2. The Bertz CT molecular complexity index is 480. The summed E-state index contributed by atoms with van der Waals surface area (Å²) in [6.45, 7) is 0. The van der Waals surface area contributed by atoms with Crippen LogP contribution in [0.25, 0.3) is 11.0 Å². The van der Waals surface area contributed by atoms with Crippen LogP contribution >= 0.6 is 22.6 Å². The van der Waals surface area contributed by atoms with Gasteiger partial charge in [0.15, 0.2) is 0 Å². The molecule has 2 N–H and O–H groups in total. The van der Waals surface area contributed by atoms with Gasteiger partial charge in [0.1, 0.15) is 14.7 Å². The van der Waals surface area contributed by atoms with E-state index >= 15 is 0 Å². The summed E-state index contributed by atoms with van der Waals surface area (Å²) in [5.74, 6) is -0.993. The summed E-state index contributed by atoms with van der Waals surface area (Å²) in [4.78, 5) is 14.6. The molecule has 0 atom stereocenters. The number of aromatic carboxylic acids is 1. The second-order valence-electron chi connectivity index (χ2n) is 2.43. The molecule has 0 bridgehead atoms. The van der Waals surface area contributed by atoms with Crippen LogP contribution < -0.4 is 0 Å². The third-order valence-corrected chi connectivity index (χ3v) is 2.35. The predicted octanol–water partition coefficient (Wildman–Crippen LogP) is 1.26. The molecule has 0 saturated carbocycles. The first-order valence-electron chi connectivity index (χ1n) is 3.41. The van der Waals surface area contributed by atoms with E-state index in [-0.39, 0.29) is 5.56 Å². The number of aromatic amines is 1. The SMILES string of the molecule is O=C(O)c1cnc2c(I)[nH]nc2c1. The van der Waals surface area contributed by atoms with Gasteiger partial charge in [-0.3, -0.25) is 10.1 Å². The molecule has 0 saturated heterocycles. The zero-order valence-electron chi connectivity index (χ0n) is 6.28. The van der Waals surface area contributed by atoms with Crippen LogP contribution in [0, 0.1) is 3.70 Å². The quantitative estimate of drug-likeness (QED) is 0.775. The molecule has 0 radical (unpaired) electrons. The van der Waals surface area contributed by atoms with Gasteiger partial charge in [-0.15, -0.1) is 0 Å². The third kappa shape index (κ3) is 1.37. The number of rotatable bonds is 1. The van der Waals surface area contributed by atoms with Gasteiger partial charge in [-0.2, -0.15) is 5.10 Å². The Hall–Kier alpha value is -1.18.